The summed E-state index contributed by atoms with van der Waals surface area (Å²) in [6, 6.07) is 6.60. The maximum atomic E-state index is 13.0. The van der Waals surface area contributed by atoms with Gasteiger partial charge in [-0.1, -0.05) is 77.5 Å². The third kappa shape index (κ3) is 4.52. The highest BCUT2D eigenvalue weighted by Gasteiger charge is 2.70. The van der Waals surface area contributed by atoms with E-state index >= 15 is 0 Å². The Morgan fingerprint density at radius 3 is 2.36 bits per heavy atom. The van der Waals surface area contributed by atoms with Gasteiger partial charge in [0.2, 0.25) is 0 Å². The van der Waals surface area contributed by atoms with Crippen molar-refractivity contribution >= 4 is 18.0 Å². The van der Waals surface area contributed by atoms with E-state index in [1.54, 1.807) is 30.3 Å². The van der Waals surface area contributed by atoms with Crippen LogP contribution in [0.2, 0.25) is 0 Å². The summed E-state index contributed by atoms with van der Waals surface area (Å²) < 4.78 is 6.04. The Balaban J connectivity index is 1.30. The molecule has 0 aliphatic heterocycles. The normalized spacial score (nSPS) is 43.7. The van der Waals surface area contributed by atoms with Crippen LogP contribution in [0.4, 0.5) is 0 Å². The summed E-state index contributed by atoms with van der Waals surface area (Å²) in [5, 5.41) is 31.9. The molecular weight excluding hydrogens is 564 g/mol. The summed E-state index contributed by atoms with van der Waals surface area (Å²) in [5.41, 5.74) is 1.81. The van der Waals surface area contributed by atoms with Crippen LogP contribution in [-0.2, 0) is 14.3 Å². The lowest BCUT2D eigenvalue weighted by atomic mass is 9.33. The molecule has 3 N–H and O–H groups in total. The summed E-state index contributed by atoms with van der Waals surface area (Å²) in [6.45, 7) is 18.1. The van der Waals surface area contributed by atoms with Gasteiger partial charge in [-0.2, -0.15) is 0 Å². The molecule has 45 heavy (non-hydrogen) atoms. The van der Waals surface area contributed by atoms with Crippen molar-refractivity contribution in [2.75, 3.05) is 0 Å². The number of phenols is 1. The highest BCUT2D eigenvalue weighted by molar-refractivity contribution is 5.87. The molecular formula is C39H52O6. The van der Waals surface area contributed by atoms with Gasteiger partial charge in [0.25, 0.3) is 0 Å². The topological polar surface area (TPSA) is 104 Å². The molecule has 6 nitrogen and oxygen atoms in total. The lowest BCUT2D eigenvalue weighted by Crippen LogP contribution is -2.67. The fraction of sp³-hybridized carbons (Fsp3) is 0.641. The Morgan fingerprint density at radius 2 is 1.69 bits per heavy atom. The smallest absolute Gasteiger partial charge is 0.331 e. The van der Waals surface area contributed by atoms with Gasteiger partial charge in [0, 0.05) is 17.4 Å². The van der Waals surface area contributed by atoms with E-state index < -0.39 is 35.0 Å². The average Bonchev–Trinajstić information content (AvgIpc) is 2.97. The van der Waals surface area contributed by atoms with Gasteiger partial charge in [0.1, 0.15) is 11.9 Å². The monoisotopic (exact) mass is 616 g/mol. The minimum absolute atomic E-state index is 0.0230. The molecule has 6 heteroatoms. The maximum Gasteiger partial charge on any atom is 0.331 e. The minimum Gasteiger partial charge on any atom is -0.508 e. The second-order valence-corrected chi connectivity index (χ2v) is 16.6. The third-order valence-corrected chi connectivity index (χ3v) is 14.4. The molecule has 0 saturated heterocycles. The number of carbonyl (C=O) groups excluding carboxylic acids is 1. The van der Waals surface area contributed by atoms with Crippen molar-refractivity contribution < 1.29 is 29.6 Å². The number of ether oxygens (including phenoxy) is 1. The number of benzene rings is 1. The van der Waals surface area contributed by atoms with E-state index in [4.69, 9.17) is 4.74 Å². The number of aromatic hydroxyl groups is 1. The number of carboxylic acids is 1. The van der Waals surface area contributed by atoms with Crippen LogP contribution in [0.1, 0.15) is 98.5 Å². The Morgan fingerprint density at radius 1 is 1.00 bits per heavy atom. The van der Waals surface area contributed by atoms with E-state index in [0.717, 1.165) is 37.7 Å². The summed E-state index contributed by atoms with van der Waals surface area (Å²) in [7, 11) is 0. The van der Waals surface area contributed by atoms with Gasteiger partial charge < -0.3 is 20.1 Å². The molecule has 0 radical (unpaired) electrons. The Labute approximate surface area is 268 Å². The van der Waals surface area contributed by atoms with Crippen molar-refractivity contribution in [1.29, 1.82) is 0 Å². The van der Waals surface area contributed by atoms with E-state index in [9.17, 15) is 24.9 Å². The lowest BCUT2D eigenvalue weighted by Gasteiger charge is -2.71. The first-order chi connectivity index (χ1) is 21.0. The molecule has 0 bridgehead atoms. The first kappa shape index (κ1) is 32.1. The number of aliphatic hydroxyl groups is 1. The van der Waals surface area contributed by atoms with Crippen LogP contribution in [0, 0.1) is 50.7 Å². The standard InChI is InChI=1S/C39H52O6/c1-23-16-19-39(34(43)44)21-20-37(6)27(32(39)24(23)2)13-14-30-36(5)22-28(41)33(35(3,4)29(36)17-18-38(30,37)7)45-31(42)15-10-25-8-11-26(40)12-9-25/h8-13,15,24,28-30,32-33,40-41H,1,14,16-22H2,2-7H3,(H,43,44)/t24-,28+,29-,30+,32-,33-,36-,37+,38+,39-/m0/s1. The highest BCUT2D eigenvalue weighted by atomic mass is 16.6. The lowest BCUT2D eigenvalue weighted by molar-refractivity contribution is -0.238. The number of carboxylic acid groups (broad SMARTS) is 1. The van der Waals surface area contributed by atoms with Gasteiger partial charge >= 0.3 is 11.9 Å². The molecule has 5 aliphatic rings. The Bertz CT molecular complexity index is 1450. The maximum absolute atomic E-state index is 13.0. The molecule has 4 fully saturated rings. The number of allylic oxidation sites excluding steroid dienone is 3. The van der Waals surface area contributed by atoms with Crippen LogP contribution in [0.3, 0.4) is 0 Å². The van der Waals surface area contributed by atoms with E-state index in [-0.39, 0.29) is 39.7 Å². The average molecular weight is 617 g/mol. The van der Waals surface area contributed by atoms with Crippen molar-refractivity contribution in [3.63, 3.8) is 0 Å². The number of hydrogen-bond donors (Lipinski definition) is 3. The van der Waals surface area contributed by atoms with Gasteiger partial charge in [-0.25, -0.2) is 4.79 Å². The number of aliphatic hydroxyl groups excluding tert-OH is 1. The molecule has 244 valence electrons. The van der Waals surface area contributed by atoms with E-state index in [1.807, 2.05) is 0 Å². The predicted molar refractivity (Wildman–Crippen MR) is 175 cm³/mol. The van der Waals surface area contributed by atoms with Crippen LogP contribution in [0.5, 0.6) is 5.75 Å². The van der Waals surface area contributed by atoms with Gasteiger partial charge in [-0.3, -0.25) is 4.79 Å². The molecule has 0 spiro atoms. The SMILES string of the molecule is C=C1CC[C@]2(C(=O)O)CC[C@]3(C)C(=CC[C@@H]4[C@@]5(C)C[C@@H](O)[C@H](OC(=O)C=Cc6ccc(O)cc6)C(C)(C)[C@@H]5CC[C@]43C)[C@@H]2[C@H]1C. The number of hydrogen-bond acceptors (Lipinski definition) is 5. The largest absolute Gasteiger partial charge is 0.508 e. The molecule has 0 aromatic heterocycles. The number of rotatable bonds is 4. The number of esters is 1. The van der Waals surface area contributed by atoms with Crippen molar-refractivity contribution in [3.05, 3.63) is 59.7 Å². The molecule has 0 heterocycles. The Hall–Kier alpha value is -2.86. The van der Waals surface area contributed by atoms with Gasteiger partial charge in [-0.15, -0.1) is 0 Å². The van der Waals surface area contributed by atoms with Crippen LogP contribution >= 0.6 is 0 Å². The number of fused-ring (bicyclic) bond motifs is 7. The molecule has 1 aromatic rings. The van der Waals surface area contributed by atoms with Crippen LogP contribution < -0.4 is 0 Å². The summed E-state index contributed by atoms with van der Waals surface area (Å²) in [5.74, 6) is -0.274. The second kappa shape index (κ2) is 10.6. The van der Waals surface area contributed by atoms with E-state index in [0.29, 0.717) is 25.2 Å². The molecule has 6 rings (SSSR count). The van der Waals surface area contributed by atoms with Crippen LogP contribution in [0.15, 0.2) is 54.1 Å². The van der Waals surface area contributed by atoms with Crippen LogP contribution in [0.25, 0.3) is 6.08 Å². The van der Waals surface area contributed by atoms with Crippen LogP contribution in [-0.4, -0.2) is 39.5 Å². The molecule has 5 aliphatic carbocycles. The van der Waals surface area contributed by atoms with Crippen molar-refractivity contribution in [3.8, 4) is 5.75 Å². The fourth-order valence-electron chi connectivity index (χ4n) is 11.9. The van der Waals surface area contributed by atoms with Gasteiger partial charge in [-0.05, 0) is 109 Å². The summed E-state index contributed by atoms with van der Waals surface area (Å²) >= 11 is 0. The quantitative estimate of drug-likeness (QED) is 0.180. The van der Waals surface area contributed by atoms with Crippen molar-refractivity contribution in [1.82, 2.24) is 0 Å². The van der Waals surface area contributed by atoms with E-state index in [1.165, 1.54) is 17.2 Å². The third-order valence-electron chi connectivity index (χ3n) is 14.4. The number of aliphatic carboxylic acids is 1. The van der Waals surface area contributed by atoms with Crippen molar-refractivity contribution in [2.45, 2.75) is 105 Å². The first-order valence-electron chi connectivity index (χ1n) is 17.0. The zero-order valence-corrected chi connectivity index (χ0v) is 27.9. The zero-order valence-electron chi connectivity index (χ0n) is 27.9. The molecule has 0 unspecified atom stereocenters. The van der Waals surface area contributed by atoms with Gasteiger partial charge in [0.15, 0.2) is 0 Å². The van der Waals surface area contributed by atoms with Gasteiger partial charge in [0.05, 0.1) is 11.5 Å². The molecule has 10 atom stereocenters. The number of carbonyl (C=O) groups is 2. The van der Waals surface area contributed by atoms with E-state index in [2.05, 4.69) is 54.2 Å². The zero-order chi connectivity index (χ0) is 32.7. The molecule has 4 saturated carbocycles. The predicted octanol–water partition coefficient (Wildman–Crippen LogP) is 7.95. The minimum atomic E-state index is -0.791. The highest BCUT2D eigenvalue weighted by Crippen LogP contribution is 2.75. The fourth-order valence-corrected chi connectivity index (χ4v) is 11.9. The number of phenolic OH excluding ortho intramolecular Hbond substituents is 1. The molecule has 1 aromatic carbocycles. The summed E-state index contributed by atoms with van der Waals surface area (Å²) in [6.07, 6.45) is 10.5. The van der Waals surface area contributed by atoms with Crippen molar-refractivity contribution in [2.24, 2.45) is 50.7 Å². The summed E-state index contributed by atoms with van der Waals surface area (Å²) in [4.78, 5) is 26.0. The molecule has 0 amide bonds. The Kier molecular flexibility index (Phi) is 7.55. The first-order valence-corrected chi connectivity index (χ1v) is 17.0. The second-order valence-electron chi connectivity index (χ2n) is 16.6.